The van der Waals surface area contributed by atoms with Crippen molar-refractivity contribution in [1.82, 2.24) is 9.80 Å². The molecule has 1 rings (SSSR count). The highest BCUT2D eigenvalue weighted by Gasteiger charge is 2.12. The number of unbranched alkanes of at least 4 members (excludes halogenated alkanes) is 9. The Balaban J connectivity index is 0.000000621. The summed E-state index contributed by atoms with van der Waals surface area (Å²) in [7, 11) is 2.13. The lowest BCUT2D eigenvalue weighted by Gasteiger charge is -2.17. The molecule has 1 heterocycles. The molecule has 0 aliphatic carbocycles. The molecule has 4 N–H and O–H groups in total. The Morgan fingerprint density at radius 3 is 1.93 bits per heavy atom. The van der Waals surface area contributed by atoms with Crippen LogP contribution in [0, 0.1) is 0 Å². The molecule has 0 amide bonds. The van der Waals surface area contributed by atoms with E-state index in [0.29, 0.717) is 0 Å². The number of rotatable bonds is 15. The van der Waals surface area contributed by atoms with Gasteiger partial charge in [-0.3, -0.25) is 9.59 Å². The number of carboxylic acid groups (broad SMARTS) is 2. The molecule has 1 aliphatic rings. The first-order valence-electron chi connectivity index (χ1n) is 10.7. The van der Waals surface area contributed by atoms with Crippen LogP contribution in [0.3, 0.4) is 0 Å². The SMILES string of the molecule is CCCCCCCCCCCCN1C=CN(C)C1.NC(CCC(=O)O)C(=O)O. The van der Waals surface area contributed by atoms with Crippen molar-refractivity contribution in [3.63, 3.8) is 0 Å². The second-order valence-corrected chi connectivity index (χ2v) is 7.57. The molecule has 0 spiro atoms. The van der Waals surface area contributed by atoms with Crippen LogP contribution in [0.2, 0.25) is 0 Å². The fourth-order valence-corrected chi connectivity index (χ4v) is 2.94. The van der Waals surface area contributed by atoms with E-state index in [2.05, 4.69) is 36.2 Å². The van der Waals surface area contributed by atoms with E-state index < -0.39 is 18.0 Å². The molecule has 1 aliphatic heterocycles. The molecule has 0 bridgehead atoms. The molecular weight excluding hydrogens is 358 g/mol. The van der Waals surface area contributed by atoms with Crippen LogP contribution in [0.4, 0.5) is 0 Å². The summed E-state index contributed by atoms with van der Waals surface area (Å²) in [5.74, 6) is -2.20. The average Bonchev–Trinajstić information content (AvgIpc) is 3.06. The fraction of sp³-hybridized carbons (Fsp3) is 0.810. The maximum absolute atomic E-state index is 9.99. The van der Waals surface area contributed by atoms with E-state index >= 15 is 0 Å². The quantitative estimate of drug-likeness (QED) is 0.359. The summed E-state index contributed by atoms with van der Waals surface area (Å²) >= 11 is 0. The monoisotopic (exact) mass is 399 g/mol. The second-order valence-electron chi connectivity index (χ2n) is 7.57. The summed E-state index contributed by atoms with van der Waals surface area (Å²) in [6.07, 6.45) is 18.4. The molecule has 164 valence electrons. The van der Waals surface area contributed by atoms with Crippen LogP contribution >= 0.6 is 0 Å². The lowest BCUT2D eigenvalue weighted by atomic mass is 10.1. The Bertz CT molecular complexity index is 443. The van der Waals surface area contributed by atoms with Crippen molar-refractivity contribution in [2.24, 2.45) is 5.73 Å². The van der Waals surface area contributed by atoms with Gasteiger partial charge in [0.05, 0.1) is 6.67 Å². The van der Waals surface area contributed by atoms with E-state index in [1.807, 2.05) is 0 Å². The van der Waals surface area contributed by atoms with Crippen LogP contribution in [0.15, 0.2) is 12.4 Å². The minimum atomic E-state index is -1.17. The summed E-state index contributed by atoms with van der Waals surface area (Å²) in [6, 6.07) is -1.06. The van der Waals surface area contributed by atoms with Crippen molar-refractivity contribution in [1.29, 1.82) is 0 Å². The van der Waals surface area contributed by atoms with Crippen molar-refractivity contribution >= 4 is 11.9 Å². The van der Waals surface area contributed by atoms with Gasteiger partial charge in [0.1, 0.15) is 6.04 Å². The third kappa shape index (κ3) is 16.4. The fourth-order valence-electron chi connectivity index (χ4n) is 2.94. The van der Waals surface area contributed by atoms with Gasteiger partial charge in [-0.05, 0) is 12.8 Å². The van der Waals surface area contributed by atoms with Crippen molar-refractivity contribution in [3.8, 4) is 0 Å². The molecular formula is C21H41N3O4. The average molecular weight is 400 g/mol. The first-order chi connectivity index (χ1) is 13.4. The lowest BCUT2D eigenvalue weighted by Crippen LogP contribution is -2.30. The first kappa shape index (κ1) is 26.2. The zero-order valence-electron chi connectivity index (χ0n) is 17.8. The number of aliphatic carboxylic acids is 2. The number of nitrogens with zero attached hydrogens (tertiary/aromatic N) is 2. The van der Waals surface area contributed by atoms with E-state index in [1.54, 1.807) is 0 Å². The summed E-state index contributed by atoms with van der Waals surface area (Å²) in [6.45, 7) is 4.60. The molecule has 7 heteroatoms. The molecule has 0 fully saturated rings. The van der Waals surface area contributed by atoms with Crippen LogP contribution in [-0.4, -0.2) is 58.3 Å². The van der Waals surface area contributed by atoms with E-state index in [9.17, 15) is 9.59 Å². The Kier molecular flexibility index (Phi) is 16.3. The van der Waals surface area contributed by atoms with Gasteiger partial charge in [-0.2, -0.15) is 0 Å². The van der Waals surface area contributed by atoms with Gasteiger partial charge in [0, 0.05) is 32.4 Å². The predicted molar refractivity (Wildman–Crippen MR) is 113 cm³/mol. The first-order valence-corrected chi connectivity index (χ1v) is 10.7. The Hall–Kier alpha value is -1.76. The third-order valence-corrected chi connectivity index (χ3v) is 4.72. The van der Waals surface area contributed by atoms with Gasteiger partial charge in [0.25, 0.3) is 0 Å². The maximum Gasteiger partial charge on any atom is 0.320 e. The minimum Gasteiger partial charge on any atom is -0.481 e. The highest BCUT2D eigenvalue weighted by Crippen LogP contribution is 2.11. The van der Waals surface area contributed by atoms with Crippen LogP contribution < -0.4 is 5.73 Å². The molecule has 0 saturated heterocycles. The van der Waals surface area contributed by atoms with Gasteiger partial charge in [0.2, 0.25) is 0 Å². The highest BCUT2D eigenvalue weighted by atomic mass is 16.4. The molecule has 0 aromatic heterocycles. The van der Waals surface area contributed by atoms with Crippen LogP contribution in [0.25, 0.3) is 0 Å². The van der Waals surface area contributed by atoms with Crippen molar-refractivity contribution < 1.29 is 19.8 Å². The zero-order valence-corrected chi connectivity index (χ0v) is 17.8. The molecule has 0 aromatic rings. The number of nitrogens with two attached hydrogens (primary N) is 1. The highest BCUT2D eigenvalue weighted by molar-refractivity contribution is 5.74. The van der Waals surface area contributed by atoms with Crippen LogP contribution in [0.5, 0.6) is 0 Å². The molecule has 1 unspecified atom stereocenters. The minimum absolute atomic E-state index is 0.0231. The van der Waals surface area contributed by atoms with Crippen LogP contribution in [0.1, 0.15) is 84.0 Å². The summed E-state index contributed by atoms with van der Waals surface area (Å²) < 4.78 is 0. The zero-order chi connectivity index (χ0) is 21.2. The summed E-state index contributed by atoms with van der Waals surface area (Å²) in [5.41, 5.74) is 5.00. The van der Waals surface area contributed by atoms with Crippen molar-refractivity contribution in [2.75, 3.05) is 20.3 Å². The van der Waals surface area contributed by atoms with Gasteiger partial charge in [0.15, 0.2) is 0 Å². The molecule has 0 aromatic carbocycles. The molecule has 28 heavy (non-hydrogen) atoms. The number of carboxylic acids is 2. The summed E-state index contributed by atoms with van der Waals surface area (Å²) in [4.78, 5) is 24.5. The van der Waals surface area contributed by atoms with Crippen molar-refractivity contribution in [3.05, 3.63) is 12.4 Å². The smallest absolute Gasteiger partial charge is 0.320 e. The Morgan fingerprint density at radius 2 is 1.50 bits per heavy atom. The molecule has 7 nitrogen and oxygen atoms in total. The second kappa shape index (κ2) is 17.3. The van der Waals surface area contributed by atoms with Gasteiger partial charge in [-0.15, -0.1) is 0 Å². The van der Waals surface area contributed by atoms with Gasteiger partial charge in [-0.25, -0.2) is 0 Å². The van der Waals surface area contributed by atoms with E-state index in [0.717, 1.165) is 6.67 Å². The standard InChI is InChI=1S/C16H32N2.C5H9NO4/c1-3-4-5-6-7-8-9-10-11-12-13-18-15-14-17(2)16-18;6-3(5(9)10)1-2-4(7)8/h14-15H,3-13,16H2,1-2H3;3H,1-2,6H2,(H,7,8)(H,9,10). The van der Waals surface area contributed by atoms with Crippen molar-refractivity contribution in [2.45, 2.75) is 90.0 Å². The van der Waals surface area contributed by atoms with Crippen LogP contribution in [-0.2, 0) is 9.59 Å². The van der Waals surface area contributed by atoms with E-state index in [1.165, 1.54) is 70.8 Å². The predicted octanol–water partition coefficient (Wildman–Crippen LogP) is 3.85. The number of hydrogen-bond donors (Lipinski definition) is 3. The molecule has 0 saturated carbocycles. The maximum atomic E-state index is 9.99. The van der Waals surface area contributed by atoms with Gasteiger partial charge < -0.3 is 25.7 Å². The number of hydrogen-bond acceptors (Lipinski definition) is 5. The molecule has 0 radical (unpaired) electrons. The molecule has 1 atom stereocenters. The normalized spacial score (nSPS) is 14.0. The van der Waals surface area contributed by atoms with Gasteiger partial charge in [-0.1, -0.05) is 64.7 Å². The topological polar surface area (TPSA) is 107 Å². The summed E-state index contributed by atoms with van der Waals surface area (Å²) in [5, 5.41) is 16.3. The number of carbonyl (C=O) groups is 2. The Labute approximate surface area is 170 Å². The van der Waals surface area contributed by atoms with E-state index in [-0.39, 0.29) is 12.8 Å². The Morgan fingerprint density at radius 1 is 0.964 bits per heavy atom. The third-order valence-electron chi connectivity index (χ3n) is 4.72. The lowest BCUT2D eigenvalue weighted by molar-refractivity contribution is -0.139. The van der Waals surface area contributed by atoms with E-state index in [4.69, 9.17) is 15.9 Å². The largest absolute Gasteiger partial charge is 0.481 e. The van der Waals surface area contributed by atoms with Gasteiger partial charge >= 0.3 is 11.9 Å².